The Hall–Kier alpha value is -0.683. The zero-order valence-electron chi connectivity index (χ0n) is 20.8. The zero-order valence-corrected chi connectivity index (χ0v) is 21.8. The molecule has 2 rings (SSSR count). The van der Waals surface area contributed by atoms with Crippen molar-refractivity contribution in [2.24, 2.45) is 11.3 Å². The summed E-state index contributed by atoms with van der Waals surface area (Å²) in [7, 11) is -2.05. The first-order valence-electron chi connectivity index (χ1n) is 11.8. The van der Waals surface area contributed by atoms with Gasteiger partial charge in [0.25, 0.3) is 0 Å². The Kier molecular flexibility index (Phi) is 8.40. The fraction of sp³-hybridized carbons (Fsp3) is 0.769. The lowest BCUT2D eigenvalue weighted by atomic mass is 9.61. The molecule has 30 heavy (non-hydrogen) atoms. The van der Waals surface area contributed by atoms with Crippen LogP contribution in [0, 0.1) is 11.3 Å². The molecule has 0 bridgehead atoms. The number of aliphatic hydroxyl groups excluding tert-OH is 1. The number of benzene rings is 1. The molecule has 0 aliphatic heterocycles. The Balaban J connectivity index is 2.33. The number of aliphatic hydroxyl groups is 1. The van der Waals surface area contributed by atoms with Crippen molar-refractivity contribution in [3.63, 3.8) is 0 Å². The smallest absolute Gasteiger partial charge is 0.192 e. The van der Waals surface area contributed by atoms with Gasteiger partial charge in [0.15, 0.2) is 8.32 Å². The van der Waals surface area contributed by atoms with Gasteiger partial charge in [-0.05, 0) is 36.5 Å². The Bertz CT molecular complexity index is 650. The molecule has 3 atom stereocenters. The summed E-state index contributed by atoms with van der Waals surface area (Å²) in [5.74, 6) is 0.193. The van der Waals surface area contributed by atoms with Crippen molar-refractivity contribution in [1.29, 1.82) is 0 Å². The van der Waals surface area contributed by atoms with Crippen molar-refractivity contribution in [3.8, 4) is 0 Å². The third-order valence-electron chi connectivity index (χ3n) is 7.97. The van der Waals surface area contributed by atoms with Crippen LogP contribution in [-0.4, -0.2) is 31.7 Å². The van der Waals surface area contributed by atoms with Crippen LogP contribution in [0.2, 0.25) is 18.1 Å². The number of ether oxygens (including phenoxy) is 1. The normalized spacial score (nSPS) is 26.6. The van der Waals surface area contributed by atoms with Gasteiger partial charge in [0.1, 0.15) is 0 Å². The fourth-order valence-electron chi connectivity index (χ4n) is 4.70. The molecule has 3 nitrogen and oxygen atoms in total. The van der Waals surface area contributed by atoms with Gasteiger partial charge in [0.2, 0.25) is 0 Å². The largest absolute Gasteiger partial charge is 0.410 e. The maximum absolute atomic E-state index is 11.2. The number of hydrogen-bond donors (Lipinski definition) is 1. The second-order valence-electron chi connectivity index (χ2n) is 11.5. The maximum Gasteiger partial charge on any atom is 0.192 e. The highest BCUT2D eigenvalue weighted by molar-refractivity contribution is 6.74. The molecule has 1 saturated carbocycles. The second kappa shape index (κ2) is 9.85. The van der Waals surface area contributed by atoms with Crippen molar-refractivity contribution < 1.29 is 14.3 Å². The molecule has 0 spiro atoms. The van der Waals surface area contributed by atoms with Crippen LogP contribution in [-0.2, 0) is 15.8 Å². The summed E-state index contributed by atoms with van der Waals surface area (Å²) in [4.78, 5) is 0. The summed E-state index contributed by atoms with van der Waals surface area (Å²) in [5.41, 5.74) is 0.464. The van der Waals surface area contributed by atoms with Gasteiger partial charge in [-0.25, -0.2) is 0 Å². The van der Waals surface area contributed by atoms with Gasteiger partial charge in [-0.1, -0.05) is 91.1 Å². The number of hydrogen-bond acceptors (Lipinski definition) is 3. The van der Waals surface area contributed by atoms with Gasteiger partial charge < -0.3 is 14.3 Å². The zero-order chi connectivity index (χ0) is 22.6. The van der Waals surface area contributed by atoms with Crippen molar-refractivity contribution in [2.75, 3.05) is 6.61 Å². The van der Waals surface area contributed by atoms with Gasteiger partial charge in [0.05, 0.1) is 24.9 Å². The van der Waals surface area contributed by atoms with Crippen molar-refractivity contribution in [1.82, 2.24) is 0 Å². The maximum atomic E-state index is 11.2. The molecule has 0 radical (unpaired) electrons. The summed E-state index contributed by atoms with van der Waals surface area (Å²) in [6.45, 7) is 19.6. The molecule has 1 N–H and O–H groups in total. The highest BCUT2D eigenvalue weighted by atomic mass is 28.4. The minimum Gasteiger partial charge on any atom is -0.410 e. The molecule has 0 aromatic heterocycles. The molecule has 0 heterocycles. The molecule has 172 valence electrons. The van der Waals surface area contributed by atoms with E-state index in [9.17, 15) is 5.11 Å². The highest BCUT2D eigenvalue weighted by Crippen LogP contribution is 2.52. The lowest BCUT2D eigenvalue weighted by Crippen LogP contribution is -2.63. The van der Waals surface area contributed by atoms with Crippen molar-refractivity contribution in [3.05, 3.63) is 35.9 Å². The second-order valence-corrected chi connectivity index (χ2v) is 16.2. The van der Waals surface area contributed by atoms with Crippen LogP contribution in [0.3, 0.4) is 0 Å². The molecule has 1 aromatic carbocycles. The van der Waals surface area contributed by atoms with Gasteiger partial charge >= 0.3 is 0 Å². The molecule has 1 fully saturated rings. The minimum atomic E-state index is -2.05. The molecule has 0 unspecified atom stereocenters. The topological polar surface area (TPSA) is 38.7 Å². The van der Waals surface area contributed by atoms with Gasteiger partial charge in [-0.15, -0.1) is 0 Å². The highest BCUT2D eigenvalue weighted by Gasteiger charge is 2.57. The summed E-state index contributed by atoms with van der Waals surface area (Å²) in [5, 5.41) is 11.3. The molecular weight excluding hydrogens is 388 g/mol. The first kappa shape index (κ1) is 25.6. The van der Waals surface area contributed by atoms with Crippen LogP contribution in [0.5, 0.6) is 0 Å². The van der Waals surface area contributed by atoms with E-state index in [4.69, 9.17) is 9.16 Å². The molecule has 1 aromatic rings. The quantitative estimate of drug-likeness (QED) is 0.472. The van der Waals surface area contributed by atoms with Gasteiger partial charge in [-0.3, -0.25) is 0 Å². The predicted molar refractivity (Wildman–Crippen MR) is 129 cm³/mol. The lowest BCUT2D eigenvalue weighted by molar-refractivity contribution is -0.168. The van der Waals surface area contributed by atoms with E-state index in [0.29, 0.717) is 13.2 Å². The fourth-order valence-corrected chi connectivity index (χ4v) is 6.49. The van der Waals surface area contributed by atoms with E-state index < -0.39 is 13.9 Å². The van der Waals surface area contributed by atoms with Crippen LogP contribution < -0.4 is 0 Å². The standard InChI is InChI=1S/C26H46O3Si/c1-21(19-28-20-22-15-11-9-12-16-22)26(29-30(7,8)24(2,3)4)18-14-10-13-17-23(27)25(26,5)6/h9,11-12,15-16,21,23,27H,10,13-14,17-20H2,1-8H3/t21-,23-,26+/m0/s1. The van der Waals surface area contributed by atoms with Gasteiger partial charge in [0, 0.05) is 11.3 Å². The number of rotatable bonds is 7. The van der Waals surface area contributed by atoms with Crippen molar-refractivity contribution >= 4 is 8.32 Å². The average Bonchev–Trinajstić information content (AvgIpc) is 2.65. The third-order valence-corrected chi connectivity index (χ3v) is 12.5. The van der Waals surface area contributed by atoms with E-state index in [2.05, 4.69) is 78.9 Å². The summed E-state index contributed by atoms with van der Waals surface area (Å²) in [6, 6.07) is 10.4. The Morgan fingerprint density at radius 1 is 1.10 bits per heavy atom. The van der Waals surface area contributed by atoms with Gasteiger partial charge in [-0.2, -0.15) is 0 Å². The Morgan fingerprint density at radius 3 is 2.33 bits per heavy atom. The molecule has 0 amide bonds. The Morgan fingerprint density at radius 2 is 1.73 bits per heavy atom. The SMILES string of the molecule is C[C@@H](COCc1ccccc1)[C@]1(O[Si](C)(C)C(C)(C)C)CCCCC[C@H](O)C1(C)C. The van der Waals surface area contributed by atoms with Crippen LogP contribution in [0.1, 0.15) is 79.2 Å². The molecular formula is C26H46O3Si. The summed E-state index contributed by atoms with van der Waals surface area (Å²) < 4.78 is 13.5. The molecule has 0 saturated heterocycles. The van der Waals surface area contributed by atoms with E-state index in [0.717, 1.165) is 32.1 Å². The first-order valence-corrected chi connectivity index (χ1v) is 14.7. The van der Waals surface area contributed by atoms with E-state index in [1.54, 1.807) is 0 Å². The lowest BCUT2D eigenvalue weighted by Gasteiger charge is -2.58. The van der Waals surface area contributed by atoms with Crippen LogP contribution in [0.25, 0.3) is 0 Å². The van der Waals surface area contributed by atoms with Crippen molar-refractivity contribution in [2.45, 2.75) is 110 Å². The van der Waals surface area contributed by atoms with E-state index in [1.165, 1.54) is 5.56 Å². The molecule has 1 aliphatic carbocycles. The van der Waals surface area contributed by atoms with Crippen LogP contribution in [0.15, 0.2) is 30.3 Å². The molecule has 4 heteroatoms. The monoisotopic (exact) mass is 434 g/mol. The summed E-state index contributed by atoms with van der Waals surface area (Å²) >= 11 is 0. The molecule has 1 aliphatic rings. The summed E-state index contributed by atoms with van der Waals surface area (Å²) in [6.07, 6.45) is 4.88. The van der Waals surface area contributed by atoms with E-state index in [-0.39, 0.29) is 22.5 Å². The minimum absolute atomic E-state index is 0.119. The van der Waals surface area contributed by atoms with E-state index in [1.807, 2.05) is 6.07 Å². The van der Waals surface area contributed by atoms with Crippen LogP contribution in [0.4, 0.5) is 0 Å². The van der Waals surface area contributed by atoms with E-state index >= 15 is 0 Å². The third kappa shape index (κ3) is 5.56. The first-order chi connectivity index (χ1) is 13.8. The average molecular weight is 435 g/mol. The predicted octanol–water partition coefficient (Wildman–Crippen LogP) is 6.95. The Labute approximate surface area is 186 Å². The van der Waals surface area contributed by atoms with Crippen LogP contribution >= 0.6 is 0 Å².